The fourth-order valence-electron chi connectivity index (χ4n) is 0.402. The third-order valence-electron chi connectivity index (χ3n) is 0.735. The molecule has 0 amide bonds. The Balaban J connectivity index is 2.76. The number of hydrogen-bond donors (Lipinski definition) is 1. The average Bonchev–Trinajstić information content (AvgIpc) is 2.14. The molecule has 0 aromatic carbocycles. The summed E-state index contributed by atoms with van der Waals surface area (Å²) in [4.78, 5) is 6.98. The second-order valence-corrected chi connectivity index (χ2v) is 2.16. The molecule has 0 aliphatic heterocycles. The number of aromatic nitrogens is 2. The minimum absolute atomic E-state index is 0.788. The van der Waals surface area contributed by atoms with Crippen molar-refractivity contribution in [1.82, 2.24) is 9.97 Å². The molecule has 0 aliphatic rings. The summed E-state index contributed by atoms with van der Waals surface area (Å²) in [5, 5.41) is 0. The summed E-state index contributed by atoms with van der Waals surface area (Å²) in [5.74, 6) is 0. The first-order chi connectivity index (χ1) is 3.43. The number of rotatable bonds is 1. The zero-order valence-electron chi connectivity index (χ0n) is 4.10. The Morgan fingerprint density at radius 3 is 3.00 bits per heavy atom. The van der Waals surface area contributed by atoms with E-state index in [2.05, 4.69) is 16.5 Å². The van der Waals surface area contributed by atoms with Gasteiger partial charge in [-0.1, -0.05) is 6.55 Å². The molecule has 0 spiro atoms. The lowest BCUT2D eigenvalue weighted by Crippen LogP contribution is -2.13. The van der Waals surface area contributed by atoms with Crippen LogP contribution in [-0.4, -0.2) is 19.5 Å². The van der Waals surface area contributed by atoms with Crippen molar-refractivity contribution < 1.29 is 0 Å². The Morgan fingerprint density at radius 2 is 2.71 bits per heavy atom. The van der Waals surface area contributed by atoms with Crippen LogP contribution in [0.4, 0.5) is 0 Å². The van der Waals surface area contributed by atoms with Gasteiger partial charge in [-0.3, -0.25) is 0 Å². The number of nitrogens with one attached hydrogen (secondary N) is 1. The van der Waals surface area contributed by atoms with Crippen LogP contribution in [0.2, 0.25) is 6.55 Å². The summed E-state index contributed by atoms with van der Waals surface area (Å²) in [6, 6.07) is 0. The monoisotopic (exact) mass is 110 g/mol. The van der Waals surface area contributed by atoms with Gasteiger partial charge >= 0.3 is 0 Å². The lowest BCUT2D eigenvalue weighted by molar-refractivity contribution is 1.40. The molecule has 1 rings (SSSR count). The van der Waals surface area contributed by atoms with Crippen molar-refractivity contribution in [1.29, 1.82) is 0 Å². The van der Waals surface area contributed by atoms with E-state index in [4.69, 9.17) is 0 Å². The van der Waals surface area contributed by atoms with Gasteiger partial charge in [-0.25, -0.2) is 4.98 Å². The molecule has 2 radical (unpaired) electrons. The second kappa shape index (κ2) is 1.93. The smallest absolute Gasteiger partial charge is 0.128 e. The van der Waals surface area contributed by atoms with Crippen molar-refractivity contribution in [3.8, 4) is 0 Å². The molecular weight excluding hydrogens is 104 g/mol. The van der Waals surface area contributed by atoms with Crippen LogP contribution in [0.1, 0.15) is 0 Å². The van der Waals surface area contributed by atoms with Gasteiger partial charge < -0.3 is 4.98 Å². The van der Waals surface area contributed by atoms with Crippen LogP contribution in [0.25, 0.3) is 0 Å². The average molecular weight is 110 g/mol. The molecule has 7 heavy (non-hydrogen) atoms. The van der Waals surface area contributed by atoms with Crippen molar-refractivity contribution >= 4 is 15.0 Å². The van der Waals surface area contributed by atoms with Gasteiger partial charge in [0.1, 0.15) is 9.52 Å². The second-order valence-electron chi connectivity index (χ2n) is 1.19. The highest BCUT2D eigenvalue weighted by atomic mass is 28.2. The normalized spacial score (nSPS) is 9.29. The van der Waals surface area contributed by atoms with Gasteiger partial charge in [-0.15, -0.1) is 0 Å². The number of hydrogen-bond acceptors (Lipinski definition) is 1. The van der Waals surface area contributed by atoms with Crippen molar-refractivity contribution in [2.45, 2.75) is 6.55 Å². The van der Waals surface area contributed by atoms with Crippen LogP contribution >= 0.6 is 0 Å². The molecule has 1 heterocycles. The van der Waals surface area contributed by atoms with Gasteiger partial charge in [-0.2, -0.15) is 0 Å². The van der Waals surface area contributed by atoms with Gasteiger partial charge in [0, 0.05) is 12.4 Å². The first-order valence-corrected chi connectivity index (χ1v) is 3.60. The molecule has 2 nitrogen and oxygen atoms in total. The first-order valence-electron chi connectivity index (χ1n) is 2.10. The first kappa shape index (κ1) is 4.58. The molecule has 0 atom stereocenters. The third-order valence-corrected chi connectivity index (χ3v) is 1.48. The summed E-state index contributed by atoms with van der Waals surface area (Å²) >= 11 is 0. The number of nitrogens with zero attached hydrogens (tertiary/aromatic N) is 1. The van der Waals surface area contributed by atoms with E-state index in [1.165, 1.54) is 0 Å². The Hall–Kier alpha value is -0.573. The van der Waals surface area contributed by atoms with Crippen LogP contribution in [0.3, 0.4) is 0 Å². The Kier molecular flexibility index (Phi) is 1.26. The van der Waals surface area contributed by atoms with E-state index in [0.717, 1.165) is 15.0 Å². The quantitative estimate of drug-likeness (QED) is 0.498. The predicted molar refractivity (Wildman–Crippen MR) is 29.8 cm³/mol. The van der Waals surface area contributed by atoms with Crippen LogP contribution in [0, 0.1) is 0 Å². The molecule has 0 saturated carbocycles. The highest BCUT2D eigenvalue weighted by Gasteiger charge is 1.84. The number of aromatic amines is 1. The molecule has 36 valence electrons. The maximum Gasteiger partial charge on any atom is 0.128 e. The van der Waals surface area contributed by atoms with E-state index in [1.807, 2.05) is 6.20 Å². The maximum absolute atomic E-state index is 3.99. The van der Waals surface area contributed by atoms with Crippen LogP contribution in [-0.2, 0) is 0 Å². The van der Waals surface area contributed by atoms with Crippen molar-refractivity contribution in [3.63, 3.8) is 0 Å². The highest BCUT2D eigenvalue weighted by Crippen LogP contribution is 1.64. The van der Waals surface area contributed by atoms with Gasteiger partial charge in [0.05, 0.1) is 5.45 Å². The molecule has 0 aliphatic carbocycles. The van der Waals surface area contributed by atoms with Crippen molar-refractivity contribution in [2.24, 2.45) is 0 Å². The van der Waals surface area contributed by atoms with Gasteiger partial charge in [0.2, 0.25) is 0 Å². The molecule has 0 saturated heterocycles. The molecule has 0 unspecified atom stereocenters. The van der Waals surface area contributed by atoms with E-state index in [0.29, 0.717) is 0 Å². The van der Waals surface area contributed by atoms with E-state index in [9.17, 15) is 0 Å². The topological polar surface area (TPSA) is 28.7 Å². The van der Waals surface area contributed by atoms with E-state index in [1.54, 1.807) is 6.20 Å². The van der Waals surface area contributed by atoms with Gasteiger partial charge in [0.15, 0.2) is 0 Å². The summed E-state index contributed by atoms with van der Waals surface area (Å²) < 4.78 is 0. The van der Waals surface area contributed by atoms with Crippen LogP contribution < -0.4 is 5.45 Å². The summed E-state index contributed by atoms with van der Waals surface area (Å²) in [5.41, 5.74) is 1.08. The number of H-pyrrole nitrogens is 1. The summed E-state index contributed by atoms with van der Waals surface area (Å²) in [6.07, 6.45) is 3.61. The van der Waals surface area contributed by atoms with Gasteiger partial charge in [0.25, 0.3) is 0 Å². The molecule has 1 aromatic heterocycles. The fraction of sp³-hybridized carbons (Fsp3) is 0.250. The molecule has 3 heteroatoms. The molecule has 0 fully saturated rings. The van der Waals surface area contributed by atoms with E-state index >= 15 is 0 Å². The highest BCUT2D eigenvalue weighted by molar-refractivity contribution is 6.49. The Morgan fingerprint density at radius 1 is 1.86 bits per heavy atom. The minimum Gasteiger partial charge on any atom is -0.353 e. The molecular formula is C4H6N2Si. The fourth-order valence-corrected chi connectivity index (χ4v) is 0.833. The molecule has 1 N–H and O–H groups in total. The van der Waals surface area contributed by atoms with Crippen LogP contribution in [0.15, 0.2) is 12.4 Å². The number of imidazole rings is 1. The van der Waals surface area contributed by atoms with Crippen molar-refractivity contribution in [2.75, 3.05) is 0 Å². The summed E-state index contributed by atoms with van der Waals surface area (Å²) in [7, 11) is 0.788. The van der Waals surface area contributed by atoms with E-state index < -0.39 is 0 Å². The Labute approximate surface area is 44.8 Å². The minimum atomic E-state index is 0.788. The van der Waals surface area contributed by atoms with Crippen molar-refractivity contribution in [3.05, 3.63) is 12.4 Å². The summed E-state index contributed by atoms with van der Waals surface area (Å²) in [6.45, 7) is 2.10. The lowest BCUT2D eigenvalue weighted by atomic mass is 11.0. The molecule has 0 bridgehead atoms. The van der Waals surface area contributed by atoms with Crippen LogP contribution in [0.5, 0.6) is 0 Å². The van der Waals surface area contributed by atoms with E-state index in [-0.39, 0.29) is 0 Å². The third kappa shape index (κ3) is 0.897. The maximum atomic E-state index is 3.99. The standard InChI is InChI=1S/C4H6N2Si/c1-7-4-5-2-3-6-4/h2-3H,1H3,(H,5,6). The zero-order chi connectivity index (χ0) is 5.11. The molecule has 1 aromatic rings. The lowest BCUT2D eigenvalue weighted by Gasteiger charge is -1.77. The SMILES string of the molecule is C[Si]c1ncc[nH]1. The zero-order valence-corrected chi connectivity index (χ0v) is 5.10. The largest absolute Gasteiger partial charge is 0.353 e. The predicted octanol–water partition coefficient (Wildman–Crippen LogP) is -0.213. The Bertz CT molecular complexity index is 124. The van der Waals surface area contributed by atoms with Gasteiger partial charge in [-0.05, 0) is 0 Å².